The third-order valence-electron chi connectivity index (χ3n) is 7.21. The zero-order chi connectivity index (χ0) is 23.7. The van der Waals surface area contributed by atoms with Gasteiger partial charge in [-0.05, 0) is 55.0 Å². The van der Waals surface area contributed by atoms with E-state index in [2.05, 4.69) is 50.5 Å². The summed E-state index contributed by atoms with van der Waals surface area (Å²) < 4.78 is 0. The Hall–Kier alpha value is -3.95. The van der Waals surface area contributed by atoms with Gasteiger partial charge in [0.15, 0.2) is 5.65 Å². The summed E-state index contributed by atoms with van der Waals surface area (Å²) in [5, 5.41) is 11.7. The molecule has 1 unspecified atom stereocenters. The van der Waals surface area contributed by atoms with Crippen molar-refractivity contribution in [3.05, 3.63) is 83.7 Å². The molecule has 4 heterocycles. The summed E-state index contributed by atoms with van der Waals surface area (Å²) in [6.07, 6.45) is 6.23. The quantitative estimate of drug-likeness (QED) is 0.435. The average molecular weight is 462 g/mol. The highest BCUT2D eigenvalue weighted by Crippen LogP contribution is 2.30. The van der Waals surface area contributed by atoms with E-state index in [0.717, 1.165) is 54.6 Å². The van der Waals surface area contributed by atoms with Crippen molar-refractivity contribution < 1.29 is 4.79 Å². The normalized spacial score (nSPS) is 19.6. The van der Waals surface area contributed by atoms with Crippen molar-refractivity contribution in [1.82, 2.24) is 25.4 Å². The topological polar surface area (TPSA) is 73.9 Å². The van der Waals surface area contributed by atoms with Gasteiger partial charge in [-0.3, -0.25) is 9.89 Å². The Morgan fingerprint density at radius 3 is 2.71 bits per heavy atom. The number of hydrogen-bond donors (Lipinski definition) is 2. The minimum absolute atomic E-state index is 0.0261. The lowest BCUT2D eigenvalue weighted by Crippen LogP contribution is -2.50. The Bertz CT molecular complexity index is 1440. The molecule has 6 heteroatoms. The number of rotatable bonds is 2. The van der Waals surface area contributed by atoms with Gasteiger partial charge < -0.3 is 10.2 Å². The summed E-state index contributed by atoms with van der Waals surface area (Å²) in [5.41, 5.74) is 5.04. The maximum Gasteiger partial charge on any atom is 0.255 e. The van der Waals surface area contributed by atoms with E-state index in [4.69, 9.17) is 0 Å². The summed E-state index contributed by atoms with van der Waals surface area (Å²) in [4.78, 5) is 19.7. The van der Waals surface area contributed by atoms with Crippen molar-refractivity contribution in [2.75, 3.05) is 19.6 Å². The van der Waals surface area contributed by atoms with E-state index in [1.165, 1.54) is 12.8 Å². The molecule has 2 aliphatic rings. The van der Waals surface area contributed by atoms with E-state index >= 15 is 0 Å². The molecule has 0 bridgehead atoms. The van der Waals surface area contributed by atoms with Crippen LogP contribution in [0.25, 0.3) is 22.2 Å². The molecule has 35 heavy (non-hydrogen) atoms. The zero-order valence-electron chi connectivity index (χ0n) is 19.6. The monoisotopic (exact) mass is 461 g/mol. The fourth-order valence-corrected chi connectivity index (χ4v) is 5.31. The predicted octanol–water partition coefficient (Wildman–Crippen LogP) is 4.38. The number of aromatic nitrogens is 3. The number of piperidine rings is 1. The van der Waals surface area contributed by atoms with Gasteiger partial charge in [0.1, 0.15) is 5.69 Å². The molecule has 2 N–H and O–H groups in total. The molecular formula is C29H27N5O. The van der Waals surface area contributed by atoms with E-state index in [9.17, 15) is 4.79 Å². The molecule has 2 saturated heterocycles. The van der Waals surface area contributed by atoms with Crippen LogP contribution in [0.15, 0.2) is 66.9 Å². The van der Waals surface area contributed by atoms with E-state index < -0.39 is 0 Å². The number of nitrogens with one attached hydrogen (secondary N) is 2. The predicted molar refractivity (Wildman–Crippen MR) is 137 cm³/mol. The minimum atomic E-state index is 0.0261. The molecule has 2 aromatic heterocycles. The average Bonchev–Trinajstić information content (AvgIpc) is 3.52. The van der Waals surface area contributed by atoms with Gasteiger partial charge in [-0.1, -0.05) is 60.9 Å². The molecule has 0 saturated carbocycles. The first-order valence-electron chi connectivity index (χ1n) is 12.3. The second kappa shape index (κ2) is 9.01. The summed E-state index contributed by atoms with van der Waals surface area (Å²) in [6, 6.07) is 20.2. The lowest BCUT2D eigenvalue weighted by atomic mass is 9.88. The van der Waals surface area contributed by atoms with Crippen molar-refractivity contribution >= 4 is 16.9 Å². The van der Waals surface area contributed by atoms with Crippen LogP contribution in [0.1, 0.15) is 47.3 Å². The zero-order valence-corrected chi connectivity index (χ0v) is 19.6. The molecule has 0 radical (unpaired) electrons. The van der Waals surface area contributed by atoms with E-state index in [0.29, 0.717) is 16.9 Å². The Kier molecular flexibility index (Phi) is 5.55. The molecule has 1 spiro atoms. The van der Waals surface area contributed by atoms with Crippen molar-refractivity contribution in [1.29, 1.82) is 0 Å². The first kappa shape index (κ1) is 21.6. The molecule has 2 aromatic carbocycles. The van der Waals surface area contributed by atoms with Crippen LogP contribution >= 0.6 is 0 Å². The van der Waals surface area contributed by atoms with Gasteiger partial charge in [-0.2, -0.15) is 5.10 Å². The minimum Gasteiger partial charge on any atom is -0.337 e. The van der Waals surface area contributed by atoms with Crippen molar-refractivity contribution in [3.63, 3.8) is 0 Å². The largest absolute Gasteiger partial charge is 0.337 e. The Morgan fingerprint density at radius 2 is 1.86 bits per heavy atom. The third-order valence-corrected chi connectivity index (χ3v) is 7.21. The standard InChI is InChI=1S/C29H27N5O/c35-28(34-17-15-29(20-34)14-6-7-16-31-29)23-18-25-26(32-33-27(25)30-19-23)13-12-22-10-4-5-11-24(22)21-8-2-1-3-9-21/h1-5,8-11,18-19,31H,6-7,14-17,20H2,(H,30,32,33). The van der Waals surface area contributed by atoms with Crippen LogP contribution in [0.4, 0.5) is 0 Å². The van der Waals surface area contributed by atoms with E-state index in [1.54, 1.807) is 6.20 Å². The SMILES string of the molecule is O=C(c1cnc2n[nH]c(C#Cc3ccccc3-c3ccccc3)c2c1)N1CCC2(CCCCN2)C1. The summed E-state index contributed by atoms with van der Waals surface area (Å²) in [7, 11) is 0. The maximum atomic E-state index is 13.3. The van der Waals surface area contributed by atoms with Crippen molar-refractivity contribution in [2.45, 2.75) is 31.2 Å². The molecular weight excluding hydrogens is 434 g/mol. The molecule has 2 aliphatic heterocycles. The summed E-state index contributed by atoms with van der Waals surface area (Å²) in [5.74, 6) is 6.56. The molecule has 2 fully saturated rings. The number of carbonyl (C=O) groups is 1. The van der Waals surface area contributed by atoms with Crippen LogP contribution in [0.5, 0.6) is 0 Å². The van der Waals surface area contributed by atoms with Crippen LogP contribution in [0.3, 0.4) is 0 Å². The molecule has 4 aromatic rings. The van der Waals surface area contributed by atoms with E-state index in [1.807, 2.05) is 47.4 Å². The molecule has 174 valence electrons. The highest BCUT2D eigenvalue weighted by molar-refractivity contribution is 5.98. The third kappa shape index (κ3) is 4.20. The fourth-order valence-electron chi connectivity index (χ4n) is 5.31. The Morgan fingerprint density at radius 1 is 1.00 bits per heavy atom. The maximum absolute atomic E-state index is 13.3. The van der Waals surface area contributed by atoms with Crippen LogP contribution in [-0.4, -0.2) is 51.2 Å². The van der Waals surface area contributed by atoms with Crippen molar-refractivity contribution in [2.24, 2.45) is 0 Å². The number of aromatic amines is 1. The van der Waals surface area contributed by atoms with Gasteiger partial charge >= 0.3 is 0 Å². The van der Waals surface area contributed by atoms with Crippen LogP contribution in [0.2, 0.25) is 0 Å². The van der Waals surface area contributed by atoms with Gasteiger partial charge in [0.05, 0.1) is 10.9 Å². The summed E-state index contributed by atoms with van der Waals surface area (Å²) >= 11 is 0. The molecule has 1 atom stereocenters. The number of H-pyrrole nitrogens is 1. The van der Waals surface area contributed by atoms with E-state index in [-0.39, 0.29) is 11.4 Å². The van der Waals surface area contributed by atoms with Gasteiger partial charge in [-0.25, -0.2) is 4.98 Å². The number of nitrogens with zero attached hydrogens (tertiary/aromatic N) is 3. The summed E-state index contributed by atoms with van der Waals surface area (Å²) in [6.45, 7) is 2.58. The Balaban J connectivity index is 1.28. The second-order valence-corrected chi connectivity index (χ2v) is 9.50. The number of pyridine rings is 1. The number of hydrogen-bond acceptors (Lipinski definition) is 4. The number of carbonyl (C=O) groups excluding carboxylic acids is 1. The fraction of sp³-hybridized carbons (Fsp3) is 0.276. The van der Waals surface area contributed by atoms with Gasteiger partial charge in [0.2, 0.25) is 0 Å². The first-order valence-corrected chi connectivity index (χ1v) is 12.3. The second-order valence-electron chi connectivity index (χ2n) is 9.50. The molecule has 1 amide bonds. The number of fused-ring (bicyclic) bond motifs is 1. The van der Waals surface area contributed by atoms with Gasteiger partial charge in [0, 0.05) is 30.4 Å². The molecule has 6 nitrogen and oxygen atoms in total. The van der Waals surface area contributed by atoms with Crippen LogP contribution in [-0.2, 0) is 0 Å². The highest BCUT2D eigenvalue weighted by atomic mass is 16.2. The van der Waals surface area contributed by atoms with Crippen molar-refractivity contribution in [3.8, 4) is 23.0 Å². The number of benzene rings is 2. The van der Waals surface area contributed by atoms with Crippen LogP contribution in [0, 0.1) is 11.8 Å². The molecule has 0 aliphatic carbocycles. The first-order chi connectivity index (χ1) is 17.2. The lowest BCUT2D eigenvalue weighted by Gasteiger charge is -2.34. The van der Waals surface area contributed by atoms with Crippen LogP contribution < -0.4 is 5.32 Å². The smallest absolute Gasteiger partial charge is 0.255 e. The Labute approximate surface area is 204 Å². The number of amides is 1. The number of likely N-dealkylation sites (tertiary alicyclic amines) is 1. The lowest BCUT2D eigenvalue weighted by molar-refractivity contribution is 0.0775. The van der Waals surface area contributed by atoms with Gasteiger partial charge in [-0.15, -0.1) is 0 Å². The van der Waals surface area contributed by atoms with Gasteiger partial charge in [0.25, 0.3) is 5.91 Å². The molecule has 6 rings (SSSR count). The highest BCUT2D eigenvalue weighted by Gasteiger charge is 2.40.